The fraction of sp³-hybridized carbons (Fsp3) is 0.417. The Kier molecular flexibility index (Phi) is 4.62. The Morgan fingerprint density at radius 2 is 2.31 bits per heavy atom. The van der Waals surface area contributed by atoms with Crippen molar-refractivity contribution in [2.24, 2.45) is 0 Å². The standard InChI is InChI=1S/C12H17N3O/c1-2-10(5-6-16)15-11-4-3-9(8-13)12(14)7-11/h3-4,7,10,15-16H,2,5-6,14H2,1H3. The molecule has 0 aliphatic heterocycles. The molecule has 4 heteroatoms. The number of nitriles is 1. The number of nitrogens with one attached hydrogen (secondary N) is 1. The molecule has 0 bridgehead atoms. The maximum atomic E-state index is 8.87. The second kappa shape index (κ2) is 5.99. The van der Waals surface area contributed by atoms with Gasteiger partial charge in [-0.3, -0.25) is 0 Å². The number of nitrogens with zero attached hydrogens (tertiary/aromatic N) is 1. The predicted octanol–water partition coefficient (Wildman–Crippen LogP) is 1.71. The molecular weight excluding hydrogens is 202 g/mol. The highest BCUT2D eigenvalue weighted by Gasteiger charge is 2.06. The summed E-state index contributed by atoms with van der Waals surface area (Å²) in [4.78, 5) is 0. The summed E-state index contributed by atoms with van der Waals surface area (Å²) >= 11 is 0. The largest absolute Gasteiger partial charge is 0.398 e. The number of anilines is 2. The van der Waals surface area contributed by atoms with Crippen LogP contribution in [0.2, 0.25) is 0 Å². The van der Waals surface area contributed by atoms with Crippen LogP contribution in [0.15, 0.2) is 18.2 Å². The number of aliphatic hydroxyl groups excluding tert-OH is 1. The maximum Gasteiger partial charge on any atom is 0.101 e. The monoisotopic (exact) mass is 219 g/mol. The number of hydrogen-bond donors (Lipinski definition) is 3. The lowest BCUT2D eigenvalue weighted by Crippen LogP contribution is -2.19. The molecule has 1 aromatic carbocycles. The lowest BCUT2D eigenvalue weighted by molar-refractivity contribution is 0.278. The summed E-state index contributed by atoms with van der Waals surface area (Å²) in [6, 6.07) is 7.53. The summed E-state index contributed by atoms with van der Waals surface area (Å²) < 4.78 is 0. The maximum absolute atomic E-state index is 8.87. The molecule has 0 heterocycles. The highest BCUT2D eigenvalue weighted by Crippen LogP contribution is 2.18. The normalized spacial score (nSPS) is 11.8. The Morgan fingerprint density at radius 1 is 1.56 bits per heavy atom. The molecule has 1 unspecified atom stereocenters. The molecule has 1 atom stereocenters. The van der Waals surface area contributed by atoms with Crippen molar-refractivity contribution in [3.8, 4) is 6.07 Å². The first-order valence-corrected chi connectivity index (χ1v) is 5.38. The summed E-state index contributed by atoms with van der Waals surface area (Å²) in [6.45, 7) is 2.22. The molecule has 86 valence electrons. The molecule has 1 aromatic rings. The van der Waals surface area contributed by atoms with E-state index in [1.807, 2.05) is 12.1 Å². The summed E-state index contributed by atoms with van der Waals surface area (Å²) in [6.07, 6.45) is 1.64. The smallest absolute Gasteiger partial charge is 0.101 e. The first-order valence-electron chi connectivity index (χ1n) is 5.38. The minimum atomic E-state index is 0.164. The van der Waals surface area contributed by atoms with Gasteiger partial charge >= 0.3 is 0 Å². The Morgan fingerprint density at radius 3 is 2.81 bits per heavy atom. The fourth-order valence-electron chi connectivity index (χ4n) is 1.52. The van der Waals surface area contributed by atoms with E-state index in [9.17, 15) is 0 Å². The lowest BCUT2D eigenvalue weighted by atomic mass is 10.1. The van der Waals surface area contributed by atoms with E-state index in [2.05, 4.69) is 12.2 Å². The van der Waals surface area contributed by atoms with Gasteiger partial charge in [0.15, 0.2) is 0 Å². The summed E-state index contributed by atoms with van der Waals surface area (Å²) in [5, 5.41) is 20.9. The Bertz CT molecular complexity index is 384. The van der Waals surface area contributed by atoms with E-state index in [1.165, 1.54) is 0 Å². The van der Waals surface area contributed by atoms with Crippen molar-refractivity contribution >= 4 is 11.4 Å². The first-order chi connectivity index (χ1) is 7.71. The van der Waals surface area contributed by atoms with Gasteiger partial charge < -0.3 is 16.2 Å². The van der Waals surface area contributed by atoms with Crippen molar-refractivity contribution in [3.05, 3.63) is 23.8 Å². The van der Waals surface area contributed by atoms with Crippen molar-refractivity contribution in [1.82, 2.24) is 0 Å². The zero-order valence-corrected chi connectivity index (χ0v) is 9.40. The fourth-order valence-corrected chi connectivity index (χ4v) is 1.52. The third-order valence-electron chi connectivity index (χ3n) is 2.51. The molecule has 1 rings (SSSR count). The molecule has 0 radical (unpaired) electrons. The number of hydrogen-bond acceptors (Lipinski definition) is 4. The van der Waals surface area contributed by atoms with Gasteiger partial charge in [0.05, 0.1) is 11.3 Å². The minimum absolute atomic E-state index is 0.164. The molecule has 0 aliphatic rings. The average Bonchev–Trinajstić information content (AvgIpc) is 2.28. The van der Waals surface area contributed by atoms with Crippen LogP contribution in [-0.2, 0) is 0 Å². The summed E-state index contributed by atoms with van der Waals surface area (Å²) in [5.74, 6) is 0. The molecule has 0 saturated carbocycles. The van der Waals surface area contributed by atoms with Crippen LogP contribution in [0, 0.1) is 11.3 Å². The van der Waals surface area contributed by atoms with Crippen LogP contribution < -0.4 is 11.1 Å². The molecule has 0 saturated heterocycles. The predicted molar refractivity (Wildman–Crippen MR) is 65.0 cm³/mol. The quantitative estimate of drug-likeness (QED) is 0.658. The number of nitrogen functional groups attached to an aromatic ring is 1. The Labute approximate surface area is 95.7 Å². The van der Waals surface area contributed by atoms with Gasteiger partial charge in [0.2, 0.25) is 0 Å². The SMILES string of the molecule is CCC(CCO)Nc1ccc(C#N)c(N)c1. The molecule has 0 aromatic heterocycles. The zero-order chi connectivity index (χ0) is 12.0. The number of aliphatic hydroxyl groups is 1. The first kappa shape index (κ1) is 12.3. The van der Waals surface area contributed by atoms with Gasteiger partial charge in [-0.2, -0.15) is 5.26 Å². The van der Waals surface area contributed by atoms with Crippen LogP contribution in [0.1, 0.15) is 25.3 Å². The van der Waals surface area contributed by atoms with Gasteiger partial charge in [0.25, 0.3) is 0 Å². The van der Waals surface area contributed by atoms with Gasteiger partial charge in [-0.15, -0.1) is 0 Å². The van der Waals surface area contributed by atoms with Gasteiger partial charge in [-0.25, -0.2) is 0 Å². The highest BCUT2D eigenvalue weighted by atomic mass is 16.3. The van der Waals surface area contributed by atoms with Crippen molar-refractivity contribution in [3.63, 3.8) is 0 Å². The highest BCUT2D eigenvalue weighted by molar-refractivity contribution is 5.62. The van der Waals surface area contributed by atoms with Crippen molar-refractivity contribution in [1.29, 1.82) is 5.26 Å². The van der Waals surface area contributed by atoms with Gasteiger partial charge in [0, 0.05) is 18.3 Å². The lowest BCUT2D eigenvalue weighted by Gasteiger charge is -2.17. The van der Waals surface area contributed by atoms with Gasteiger partial charge in [-0.05, 0) is 31.0 Å². The van der Waals surface area contributed by atoms with E-state index in [0.717, 1.165) is 12.1 Å². The van der Waals surface area contributed by atoms with Crippen LogP contribution >= 0.6 is 0 Å². The van der Waals surface area contributed by atoms with E-state index in [1.54, 1.807) is 12.1 Å². The number of benzene rings is 1. The van der Waals surface area contributed by atoms with Gasteiger partial charge in [0.1, 0.15) is 6.07 Å². The van der Waals surface area contributed by atoms with E-state index in [0.29, 0.717) is 17.7 Å². The van der Waals surface area contributed by atoms with Crippen molar-refractivity contribution < 1.29 is 5.11 Å². The average molecular weight is 219 g/mol. The molecule has 0 amide bonds. The number of nitrogens with two attached hydrogens (primary N) is 1. The Hall–Kier alpha value is -1.73. The van der Waals surface area contributed by atoms with Gasteiger partial charge in [-0.1, -0.05) is 6.92 Å². The summed E-state index contributed by atoms with van der Waals surface area (Å²) in [7, 11) is 0. The summed E-state index contributed by atoms with van der Waals surface area (Å²) in [5.41, 5.74) is 7.56. The van der Waals surface area contributed by atoms with Crippen LogP contribution in [0.3, 0.4) is 0 Å². The zero-order valence-electron chi connectivity index (χ0n) is 9.40. The van der Waals surface area contributed by atoms with E-state index < -0.39 is 0 Å². The van der Waals surface area contributed by atoms with Crippen molar-refractivity contribution in [2.45, 2.75) is 25.8 Å². The van der Waals surface area contributed by atoms with Crippen LogP contribution in [-0.4, -0.2) is 17.8 Å². The molecule has 0 spiro atoms. The van der Waals surface area contributed by atoms with E-state index >= 15 is 0 Å². The third kappa shape index (κ3) is 3.14. The number of rotatable bonds is 5. The van der Waals surface area contributed by atoms with Crippen molar-refractivity contribution in [2.75, 3.05) is 17.7 Å². The second-order valence-electron chi connectivity index (χ2n) is 3.68. The minimum Gasteiger partial charge on any atom is -0.398 e. The molecule has 16 heavy (non-hydrogen) atoms. The Balaban J connectivity index is 2.74. The second-order valence-corrected chi connectivity index (χ2v) is 3.68. The molecule has 4 nitrogen and oxygen atoms in total. The molecule has 0 aliphatic carbocycles. The molecular formula is C12H17N3O. The molecule has 4 N–H and O–H groups in total. The van der Waals surface area contributed by atoms with E-state index in [4.69, 9.17) is 16.1 Å². The molecule has 0 fully saturated rings. The van der Waals surface area contributed by atoms with E-state index in [-0.39, 0.29) is 12.6 Å². The van der Waals surface area contributed by atoms with Crippen LogP contribution in [0.4, 0.5) is 11.4 Å². The third-order valence-corrected chi connectivity index (χ3v) is 2.51. The van der Waals surface area contributed by atoms with Crippen LogP contribution in [0.25, 0.3) is 0 Å². The van der Waals surface area contributed by atoms with Crippen LogP contribution in [0.5, 0.6) is 0 Å². The topological polar surface area (TPSA) is 82.1 Å².